The van der Waals surface area contributed by atoms with Gasteiger partial charge in [-0.3, -0.25) is 10.1 Å². The highest BCUT2D eigenvalue weighted by atomic mass is 19.1. The molecule has 0 aliphatic heterocycles. The lowest BCUT2D eigenvalue weighted by Gasteiger charge is -2.37. The van der Waals surface area contributed by atoms with E-state index in [0.717, 1.165) is 22.8 Å². The molecule has 0 saturated heterocycles. The van der Waals surface area contributed by atoms with Crippen LogP contribution < -0.4 is 0 Å². The predicted molar refractivity (Wildman–Crippen MR) is 156 cm³/mol. The van der Waals surface area contributed by atoms with Gasteiger partial charge in [-0.25, -0.2) is 9.07 Å². The van der Waals surface area contributed by atoms with E-state index >= 15 is 4.39 Å². The first kappa shape index (κ1) is 25.8. The number of aromatic nitrogens is 2. The molecule has 0 atom stereocenters. The second kappa shape index (κ2) is 10.6. The van der Waals surface area contributed by atoms with E-state index in [-0.39, 0.29) is 0 Å². The molecular weight excluding hydrogens is 520 g/mol. The van der Waals surface area contributed by atoms with Crippen molar-refractivity contribution in [1.29, 1.82) is 0 Å². The average molecular weight is 544 g/mol. The second-order valence-electron chi connectivity index (χ2n) is 9.54. The lowest BCUT2D eigenvalue weighted by molar-refractivity contribution is -0.387. The summed E-state index contributed by atoms with van der Waals surface area (Å²) in [6, 6.07) is 37.8. The van der Waals surface area contributed by atoms with Gasteiger partial charge >= 0.3 is 5.69 Å². The number of fused-ring (bicyclic) bond motifs is 1. The Morgan fingerprint density at radius 3 is 1.71 bits per heavy atom. The molecule has 0 bridgehead atoms. The van der Waals surface area contributed by atoms with Crippen LogP contribution in [0.5, 0.6) is 0 Å². The third-order valence-electron chi connectivity index (χ3n) is 7.19. The van der Waals surface area contributed by atoms with Crippen molar-refractivity contribution in [3.05, 3.63) is 177 Å². The molecule has 6 aromatic rings. The van der Waals surface area contributed by atoms with Crippen LogP contribution in [0, 0.1) is 21.7 Å². The average Bonchev–Trinajstić information content (AvgIpc) is 3.35. The van der Waals surface area contributed by atoms with Crippen LogP contribution in [0.3, 0.4) is 0 Å². The number of rotatable bonds is 7. The Labute approximate surface area is 234 Å². The van der Waals surface area contributed by atoms with Crippen LogP contribution in [-0.2, 0) is 5.54 Å². The van der Waals surface area contributed by atoms with Gasteiger partial charge in [0.25, 0.3) is 0 Å². The van der Waals surface area contributed by atoms with Crippen LogP contribution in [0.25, 0.3) is 23.1 Å². The van der Waals surface area contributed by atoms with Gasteiger partial charge in [0.05, 0.1) is 16.1 Å². The molecule has 1 heterocycles. The van der Waals surface area contributed by atoms with Gasteiger partial charge in [0, 0.05) is 23.1 Å². The smallest absolute Gasteiger partial charge is 0.258 e. The number of halogens is 2. The number of hydrogen-bond acceptors (Lipinski definition) is 3. The Morgan fingerprint density at radius 1 is 0.683 bits per heavy atom. The molecule has 0 spiro atoms. The van der Waals surface area contributed by atoms with Crippen LogP contribution in [0.2, 0.25) is 0 Å². The van der Waals surface area contributed by atoms with Gasteiger partial charge in [-0.05, 0) is 34.9 Å². The molecule has 41 heavy (non-hydrogen) atoms. The molecule has 200 valence electrons. The first-order chi connectivity index (χ1) is 20.0. The summed E-state index contributed by atoms with van der Waals surface area (Å²) in [6.07, 6.45) is 3.16. The zero-order valence-corrected chi connectivity index (χ0v) is 21.7. The SMILES string of the molecule is O=[N+]([O-])c1cc2c(C=Cc3ccccc3F)nn(C(c3ccccc3)(c3ccccc3)c3ccccc3)c2cc1F. The number of benzene rings is 5. The first-order valence-corrected chi connectivity index (χ1v) is 13.0. The summed E-state index contributed by atoms with van der Waals surface area (Å²) in [7, 11) is 0. The highest BCUT2D eigenvalue weighted by Crippen LogP contribution is 2.43. The molecule has 0 unspecified atom stereocenters. The van der Waals surface area contributed by atoms with Gasteiger partial charge in [-0.15, -0.1) is 0 Å². The Balaban J connectivity index is 1.75. The standard InChI is InChI=1S/C34H23F2N3O2/c35-29-19-11-10-12-24(29)20-21-31-28-22-33(39(40)41)30(36)23-32(28)38(37-31)34(25-13-4-1-5-14-25,26-15-6-2-7-16-26)27-17-8-3-9-18-27/h1-23H. The van der Waals surface area contributed by atoms with E-state index in [1.54, 1.807) is 35.0 Å². The fourth-order valence-corrected chi connectivity index (χ4v) is 5.35. The lowest BCUT2D eigenvalue weighted by Crippen LogP contribution is -2.38. The van der Waals surface area contributed by atoms with Crippen LogP contribution in [0.15, 0.2) is 127 Å². The molecule has 0 saturated carbocycles. The molecule has 0 amide bonds. The van der Waals surface area contributed by atoms with E-state index in [1.807, 2.05) is 91.0 Å². The summed E-state index contributed by atoms with van der Waals surface area (Å²) in [4.78, 5) is 11.0. The van der Waals surface area contributed by atoms with E-state index in [4.69, 9.17) is 5.10 Å². The molecule has 5 nitrogen and oxygen atoms in total. The maximum absolute atomic E-state index is 15.3. The minimum absolute atomic E-state index is 0.326. The van der Waals surface area contributed by atoms with E-state index in [2.05, 4.69) is 0 Å². The molecule has 1 aromatic heterocycles. The van der Waals surface area contributed by atoms with Gasteiger partial charge in [0.1, 0.15) is 11.4 Å². The van der Waals surface area contributed by atoms with Crippen LogP contribution in [-0.4, -0.2) is 14.7 Å². The molecule has 0 radical (unpaired) electrons. The van der Waals surface area contributed by atoms with Crippen molar-refractivity contribution in [3.63, 3.8) is 0 Å². The number of nitro groups is 1. The van der Waals surface area contributed by atoms with E-state index in [9.17, 15) is 14.5 Å². The number of hydrogen-bond donors (Lipinski definition) is 0. The van der Waals surface area contributed by atoms with Crippen molar-refractivity contribution >= 4 is 28.7 Å². The van der Waals surface area contributed by atoms with Crippen molar-refractivity contribution in [2.45, 2.75) is 5.54 Å². The molecule has 0 aliphatic carbocycles. The number of nitrogens with zero attached hydrogens (tertiary/aromatic N) is 3. The third-order valence-corrected chi connectivity index (χ3v) is 7.19. The third kappa shape index (κ3) is 4.47. The molecular formula is C34H23F2N3O2. The summed E-state index contributed by atoms with van der Waals surface area (Å²) in [5, 5.41) is 17.1. The first-order valence-electron chi connectivity index (χ1n) is 13.0. The lowest BCUT2D eigenvalue weighted by atomic mass is 9.77. The van der Waals surface area contributed by atoms with Gasteiger partial charge in [0.2, 0.25) is 5.82 Å². The molecule has 7 heteroatoms. The molecule has 0 fully saturated rings. The van der Waals surface area contributed by atoms with E-state index in [0.29, 0.717) is 22.2 Å². The zero-order valence-electron chi connectivity index (χ0n) is 21.7. The minimum Gasteiger partial charge on any atom is -0.258 e. The summed E-state index contributed by atoms with van der Waals surface area (Å²) in [5.41, 5.74) is 1.81. The molecule has 0 aliphatic rings. The van der Waals surface area contributed by atoms with Crippen LogP contribution in [0.1, 0.15) is 27.9 Å². The van der Waals surface area contributed by atoms with E-state index < -0.39 is 27.8 Å². The van der Waals surface area contributed by atoms with Crippen molar-refractivity contribution in [2.75, 3.05) is 0 Å². The van der Waals surface area contributed by atoms with Gasteiger partial charge in [0.15, 0.2) is 0 Å². The fraction of sp³-hybridized carbons (Fsp3) is 0.0294. The van der Waals surface area contributed by atoms with Crippen molar-refractivity contribution < 1.29 is 13.7 Å². The summed E-state index contributed by atoms with van der Waals surface area (Å²) in [6.45, 7) is 0. The maximum atomic E-state index is 15.3. The molecule has 0 N–H and O–H groups in total. The van der Waals surface area contributed by atoms with E-state index in [1.165, 1.54) is 12.1 Å². The molecule has 6 rings (SSSR count). The highest BCUT2D eigenvalue weighted by molar-refractivity contribution is 5.92. The largest absolute Gasteiger partial charge is 0.305 e. The highest BCUT2D eigenvalue weighted by Gasteiger charge is 2.41. The zero-order chi connectivity index (χ0) is 28.4. The van der Waals surface area contributed by atoms with Gasteiger partial charge in [-0.2, -0.15) is 9.49 Å². The number of nitro benzene ring substituents is 1. The van der Waals surface area contributed by atoms with Crippen molar-refractivity contribution in [3.8, 4) is 0 Å². The van der Waals surface area contributed by atoms with Crippen LogP contribution in [0.4, 0.5) is 14.5 Å². The fourth-order valence-electron chi connectivity index (χ4n) is 5.35. The quantitative estimate of drug-likeness (QED) is 0.116. The summed E-state index contributed by atoms with van der Waals surface area (Å²) < 4.78 is 31.5. The topological polar surface area (TPSA) is 61.0 Å². The normalized spacial score (nSPS) is 11.8. The van der Waals surface area contributed by atoms with Gasteiger partial charge in [-0.1, -0.05) is 109 Å². The minimum atomic E-state index is -1.09. The Bertz CT molecular complexity index is 1790. The Morgan fingerprint density at radius 2 is 1.20 bits per heavy atom. The second-order valence-corrected chi connectivity index (χ2v) is 9.54. The van der Waals surface area contributed by atoms with Crippen molar-refractivity contribution in [2.24, 2.45) is 0 Å². The monoisotopic (exact) mass is 543 g/mol. The Hall–Kier alpha value is -5.43. The summed E-state index contributed by atoms with van der Waals surface area (Å²) in [5.74, 6) is -1.40. The maximum Gasteiger partial charge on any atom is 0.305 e. The van der Waals surface area contributed by atoms with Gasteiger partial charge < -0.3 is 0 Å². The van der Waals surface area contributed by atoms with Crippen molar-refractivity contribution in [1.82, 2.24) is 9.78 Å². The Kier molecular flexibility index (Phi) is 6.69. The van der Waals surface area contributed by atoms with Crippen LogP contribution >= 0.6 is 0 Å². The summed E-state index contributed by atoms with van der Waals surface area (Å²) >= 11 is 0. The predicted octanol–water partition coefficient (Wildman–Crippen LogP) is 8.23. The molecule has 5 aromatic carbocycles.